The molecule has 0 atom stereocenters. The number of carbonyl (C=O) groups is 5. The second-order valence-electron chi connectivity index (χ2n) is 9.48. The maximum atomic E-state index is 11.4. The molecule has 2 aromatic rings. The van der Waals surface area contributed by atoms with Crippen molar-refractivity contribution < 1.29 is 49.1 Å². The van der Waals surface area contributed by atoms with Crippen LogP contribution in [0.5, 0.6) is 11.5 Å². The lowest BCUT2D eigenvalue weighted by Crippen LogP contribution is -2.21. The molecule has 12 heteroatoms. The molecule has 246 valence electrons. The van der Waals surface area contributed by atoms with Crippen molar-refractivity contribution in [1.82, 2.24) is 4.90 Å². The molecule has 0 bridgehead atoms. The summed E-state index contributed by atoms with van der Waals surface area (Å²) in [7, 11) is 0. The van der Waals surface area contributed by atoms with Gasteiger partial charge in [0.25, 0.3) is 0 Å². The Morgan fingerprint density at radius 3 is 1.42 bits per heavy atom. The summed E-state index contributed by atoms with van der Waals surface area (Å²) < 4.78 is 4.30. The van der Waals surface area contributed by atoms with Gasteiger partial charge in [0, 0.05) is 23.3 Å². The molecule has 0 saturated heterocycles. The van der Waals surface area contributed by atoms with E-state index in [-0.39, 0.29) is 46.0 Å². The van der Waals surface area contributed by atoms with E-state index in [0.717, 1.165) is 0 Å². The highest BCUT2D eigenvalue weighted by molar-refractivity contribution is 6.00. The lowest BCUT2D eigenvalue weighted by molar-refractivity contribution is -0.153. The minimum absolute atomic E-state index is 0.0931. The Bertz CT molecular complexity index is 1360. The lowest BCUT2D eigenvalue weighted by Gasteiger charge is -2.13. The van der Waals surface area contributed by atoms with Gasteiger partial charge in [0.1, 0.15) is 22.6 Å². The Balaban J connectivity index is 0. The second kappa shape index (κ2) is 21.5. The summed E-state index contributed by atoms with van der Waals surface area (Å²) in [6, 6.07) is 7.96. The fraction of sp³-hybridized carbons (Fsp3) is 0.303. The predicted octanol–water partition coefficient (Wildman–Crippen LogP) is 5.01. The molecule has 45 heavy (non-hydrogen) atoms. The molecule has 0 heterocycles. The van der Waals surface area contributed by atoms with Crippen LogP contribution in [0.3, 0.4) is 0 Å². The van der Waals surface area contributed by atoms with Crippen LogP contribution in [0.1, 0.15) is 67.8 Å². The molecule has 2 rings (SSSR count). The summed E-state index contributed by atoms with van der Waals surface area (Å²) in [4.78, 5) is 56.2. The fourth-order valence-electron chi connectivity index (χ4n) is 2.85. The molecule has 0 spiro atoms. The molecule has 0 aliphatic rings. The van der Waals surface area contributed by atoms with Gasteiger partial charge in [0.15, 0.2) is 5.78 Å². The minimum Gasteiger partial charge on any atom is -0.507 e. The number of rotatable bonds is 10. The third-order valence-corrected chi connectivity index (χ3v) is 5.61. The van der Waals surface area contributed by atoms with Crippen LogP contribution in [0, 0.1) is 0 Å². The number of hydrogen-bond donors (Lipinski definition) is 5. The number of carboxylic acid groups (broad SMARTS) is 2. The number of nitrogen functional groups attached to an aromatic ring is 1. The van der Waals surface area contributed by atoms with Gasteiger partial charge < -0.3 is 35.8 Å². The van der Waals surface area contributed by atoms with Gasteiger partial charge in [0.05, 0.1) is 0 Å². The number of esters is 2. The number of Topliss-reactive ketones (excluding diaryl/α,β-unsaturated/α-hetero) is 1. The normalized spacial score (nSPS) is 9.49. The number of allylic oxidation sites excluding steroid dienone is 1. The van der Waals surface area contributed by atoms with Gasteiger partial charge >= 0.3 is 23.9 Å². The fourth-order valence-corrected chi connectivity index (χ4v) is 2.85. The van der Waals surface area contributed by atoms with Crippen LogP contribution in [-0.2, 0) is 25.5 Å². The van der Waals surface area contributed by atoms with E-state index in [9.17, 15) is 29.1 Å². The van der Waals surface area contributed by atoms with E-state index in [0.29, 0.717) is 16.8 Å². The molecule has 2 aromatic carbocycles. The summed E-state index contributed by atoms with van der Waals surface area (Å²) in [5.74, 6) is -4.55. The number of benzene rings is 2. The number of nitrogens with zero attached hydrogens (tertiary/aromatic N) is 1. The average Bonchev–Trinajstić information content (AvgIpc) is 2.96. The van der Waals surface area contributed by atoms with Gasteiger partial charge in [-0.2, -0.15) is 0 Å². The smallest absolute Gasteiger partial charge is 0.340 e. The van der Waals surface area contributed by atoms with E-state index >= 15 is 0 Å². The SMILES string of the molecule is C=C(C)C(=O)Cc1ccc(O)c(C(=O)O)c1.C=C(C)C(=O)OC(=O)C(=C)C.CCN(CC)CC.Nc1ccc(O)c(C(=O)O)c1. The van der Waals surface area contributed by atoms with Gasteiger partial charge in [-0.05, 0) is 81.9 Å². The molecule has 6 N–H and O–H groups in total. The highest BCUT2D eigenvalue weighted by Crippen LogP contribution is 2.20. The van der Waals surface area contributed by atoms with Crippen molar-refractivity contribution in [3.05, 3.63) is 89.5 Å². The van der Waals surface area contributed by atoms with Crippen LogP contribution in [0.2, 0.25) is 0 Å². The van der Waals surface area contributed by atoms with Crippen molar-refractivity contribution >= 4 is 35.3 Å². The number of ether oxygens (including phenoxy) is 1. The Hall–Kier alpha value is -5.23. The molecular weight excluding hydrogens is 584 g/mol. The Morgan fingerprint density at radius 2 is 1.11 bits per heavy atom. The molecular formula is C33H44N2O10. The number of hydrogen-bond acceptors (Lipinski definition) is 10. The molecule has 0 fully saturated rings. The Labute approximate surface area is 263 Å². The number of anilines is 1. The van der Waals surface area contributed by atoms with Crippen molar-refractivity contribution in [2.75, 3.05) is 25.4 Å². The van der Waals surface area contributed by atoms with Crippen LogP contribution < -0.4 is 5.73 Å². The zero-order chi connectivity index (χ0) is 35.4. The highest BCUT2D eigenvalue weighted by Gasteiger charge is 2.13. The first kappa shape index (κ1) is 41.9. The number of carbonyl (C=O) groups excluding carboxylic acids is 3. The number of aromatic carboxylic acids is 2. The third-order valence-electron chi connectivity index (χ3n) is 5.61. The molecule has 0 amide bonds. The minimum atomic E-state index is -1.22. The summed E-state index contributed by atoms with van der Waals surface area (Å²) in [5, 5.41) is 35.5. The van der Waals surface area contributed by atoms with E-state index in [1.54, 1.807) is 6.92 Å². The van der Waals surface area contributed by atoms with Crippen LogP contribution in [0.25, 0.3) is 0 Å². The first-order chi connectivity index (χ1) is 20.8. The summed E-state index contributed by atoms with van der Waals surface area (Å²) in [6.07, 6.45) is 0.0931. The molecule has 0 aliphatic carbocycles. The monoisotopic (exact) mass is 628 g/mol. The zero-order valence-corrected chi connectivity index (χ0v) is 26.7. The Morgan fingerprint density at radius 1 is 0.711 bits per heavy atom. The second-order valence-corrected chi connectivity index (χ2v) is 9.48. The third kappa shape index (κ3) is 17.5. The summed E-state index contributed by atoms with van der Waals surface area (Å²) in [6.45, 7) is 24.8. The number of carboxylic acids is 2. The van der Waals surface area contributed by atoms with E-state index in [4.69, 9.17) is 21.1 Å². The topological polar surface area (TPSA) is 205 Å². The van der Waals surface area contributed by atoms with E-state index in [1.165, 1.54) is 69.9 Å². The summed E-state index contributed by atoms with van der Waals surface area (Å²) in [5.41, 5.74) is 6.59. The number of aromatic hydroxyl groups is 2. The van der Waals surface area contributed by atoms with E-state index < -0.39 is 23.9 Å². The first-order valence-corrected chi connectivity index (χ1v) is 13.7. The van der Waals surface area contributed by atoms with Crippen molar-refractivity contribution in [3.63, 3.8) is 0 Å². The van der Waals surface area contributed by atoms with Gasteiger partial charge in [-0.3, -0.25) is 4.79 Å². The van der Waals surface area contributed by atoms with Crippen LogP contribution in [0.4, 0.5) is 5.69 Å². The molecule has 0 aliphatic heterocycles. The molecule has 0 radical (unpaired) electrons. The molecule has 0 unspecified atom stereocenters. The molecule has 0 saturated carbocycles. The van der Waals surface area contributed by atoms with Crippen LogP contribution in [0.15, 0.2) is 72.9 Å². The van der Waals surface area contributed by atoms with Crippen molar-refractivity contribution in [3.8, 4) is 11.5 Å². The average molecular weight is 629 g/mol. The zero-order valence-electron chi connectivity index (χ0n) is 26.7. The Kier molecular flexibility index (Phi) is 20.0. The number of nitrogens with two attached hydrogens (primary N) is 1. The lowest BCUT2D eigenvalue weighted by atomic mass is 10.0. The van der Waals surface area contributed by atoms with Crippen LogP contribution >= 0.6 is 0 Å². The quantitative estimate of drug-likeness (QED) is 0.0774. The van der Waals surface area contributed by atoms with E-state index in [2.05, 4.69) is 50.1 Å². The van der Waals surface area contributed by atoms with Crippen molar-refractivity contribution in [2.24, 2.45) is 0 Å². The largest absolute Gasteiger partial charge is 0.507 e. The first-order valence-electron chi connectivity index (χ1n) is 13.7. The maximum absolute atomic E-state index is 11.4. The van der Waals surface area contributed by atoms with Gasteiger partial charge in [-0.15, -0.1) is 0 Å². The maximum Gasteiger partial charge on any atom is 0.340 e. The van der Waals surface area contributed by atoms with Gasteiger partial charge in [0.2, 0.25) is 0 Å². The van der Waals surface area contributed by atoms with Crippen molar-refractivity contribution in [2.45, 2.75) is 48.0 Å². The standard InChI is InChI=1S/C12H12O4.C8H10O3.C7H7NO3.C6H15N/c1-7(2)11(14)6-8-3-4-10(13)9(5-8)12(15)16;1-5(2)7(9)11-8(10)6(3)4;8-4-1-2-6(9)5(3-4)7(10)11;1-4-7(5-2)6-3/h3-5,13H,1,6H2,2H3,(H,15,16);1,3H2,2,4H3;1-3,9H,8H2,(H,10,11);4-6H2,1-3H3. The van der Waals surface area contributed by atoms with Gasteiger partial charge in [-0.1, -0.05) is 46.6 Å². The molecule has 12 nitrogen and oxygen atoms in total. The summed E-state index contributed by atoms with van der Waals surface area (Å²) >= 11 is 0. The van der Waals surface area contributed by atoms with Gasteiger partial charge in [-0.25, -0.2) is 19.2 Å². The predicted molar refractivity (Wildman–Crippen MR) is 172 cm³/mol. The van der Waals surface area contributed by atoms with Crippen molar-refractivity contribution in [1.29, 1.82) is 0 Å². The molecule has 0 aromatic heterocycles. The number of phenols is 2. The number of ketones is 1. The van der Waals surface area contributed by atoms with Crippen LogP contribution in [-0.4, -0.2) is 74.6 Å². The van der Waals surface area contributed by atoms with E-state index in [1.807, 2.05) is 0 Å². The highest BCUT2D eigenvalue weighted by atomic mass is 16.6.